The third-order valence-corrected chi connectivity index (χ3v) is 35.6. The second-order valence-corrected chi connectivity index (χ2v) is 45.7. The number of nitrogens with zero attached hydrogens (tertiary/aromatic N) is 4. The lowest BCUT2D eigenvalue weighted by Crippen LogP contribution is -2.58. The van der Waals surface area contributed by atoms with Crippen molar-refractivity contribution in [3.63, 3.8) is 0 Å². The monoisotopic (exact) mass is 1790 g/mol. The summed E-state index contributed by atoms with van der Waals surface area (Å²) in [7, 11) is 6.87. The molecule has 0 bridgehead atoms. The van der Waals surface area contributed by atoms with Gasteiger partial charge in [-0.2, -0.15) is 0 Å². The van der Waals surface area contributed by atoms with Crippen LogP contribution >= 0.6 is 0 Å². The van der Waals surface area contributed by atoms with Gasteiger partial charge in [-0.15, -0.1) is 0 Å². The molecule has 666 valence electrons. The van der Waals surface area contributed by atoms with E-state index < -0.39 is 8.07 Å². The average molecular weight is 1790 g/mol. The lowest BCUT2D eigenvalue weighted by Gasteiger charge is -2.39. The number of hydrogen-bond donors (Lipinski definition) is 0. The van der Waals surface area contributed by atoms with Crippen LogP contribution in [0, 0.1) is 20.8 Å². The first-order valence-electron chi connectivity index (χ1n) is 48.8. The van der Waals surface area contributed by atoms with Gasteiger partial charge in [-0.1, -0.05) is 375 Å². The molecular formula is C132H108N4OSi. The first-order valence-corrected chi connectivity index (χ1v) is 51.8. The molecule has 0 unspecified atom stereocenters. The van der Waals surface area contributed by atoms with Gasteiger partial charge in [-0.05, 0) is 308 Å². The van der Waals surface area contributed by atoms with Crippen LogP contribution in [0.25, 0.3) is 165 Å². The minimum atomic E-state index is -1.85. The molecule has 0 radical (unpaired) electrons. The summed E-state index contributed by atoms with van der Waals surface area (Å²) < 4.78 is 6.34. The molecule has 138 heavy (non-hydrogen) atoms. The lowest BCUT2D eigenvalue weighted by atomic mass is 9.80. The maximum absolute atomic E-state index is 6.34. The molecule has 3 aliphatic heterocycles. The number of para-hydroxylation sites is 5. The lowest BCUT2D eigenvalue weighted by molar-refractivity contribution is 0.475. The van der Waals surface area contributed by atoms with E-state index in [1.807, 2.05) is 12.1 Å². The van der Waals surface area contributed by atoms with Gasteiger partial charge < -0.3 is 24.3 Å². The zero-order chi connectivity index (χ0) is 94.0. The van der Waals surface area contributed by atoms with Gasteiger partial charge in [0.15, 0.2) is 11.5 Å². The Morgan fingerprint density at radius 3 is 0.891 bits per heavy atom. The smallest absolute Gasteiger partial charge is 0.151 e. The van der Waals surface area contributed by atoms with Crippen molar-refractivity contribution in [2.45, 2.75) is 91.7 Å². The highest BCUT2D eigenvalue weighted by Gasteiger charge is 2.42. The topological polar surface area (TPSA) is 22.2 Å². The second kappa shape index (κ2) is 31.2. The van der Waals surface area contributed by atoms with Crippen molar-refractivity contribution in [2.24, 2.45) is 0 Å². The van der Waals surface area contributed by atoms with Crippen LogP contribution in [0.3, 0.4) is 0 Å². The van der Waals surface area contributed by atoms with Crippen LogP contribution in [0.2, 0.25) is 13.1 Å². The molecular weight excluding hydrogens is 1690 g/mol. The molecule has 0 N–H and O–H groups in total. The van der Waals surface area contributed by atoms with Gasteiger partial charge in [0.2, 0.25) is 0 Å². The summed E-state index contributed by atoms with van der Waals surface area (Å²) in [6.07, 6.45) is 0. The highest BCUT2D eigenvalue weighted by Crippen LogP contribution is 2.59. The van der Waals surface area contributed by atoms with Crippen molar-refractivity contribution < 1.29 is 4.74 Å². The molecule has 21 aromatic rings. The molecule has 0 atom stereocenters. The fourth-order valence-corrected chi connectivity index (χ4v) is 28.1. The standard InChI is InChI=1S/C45H39NSi.C44H36N2.C43H33NO/c1-28-19-22-35-36(25-28)44(29-20-23-32-31-13-9-10-16-37(31)45(2,3)38(32)26-29)34-15-8-7-14-33(34)43(35)30-21-24-42-40(27-30)46(4)39-17-11-12-18-41(39)47(42,5)6;1-27-18-21-34-35(24-27)43(28-19-22-31-30-12-8-9-15-36(30)44(2,3)37(31)25-28)33-14-7-6-13-32(33)42(34)29-20-23-40-41(26-29)46(5)39-17-11-10-16-38(39)45(40)4;1-26-17-20-33-34(23-26)42(27-18-21-30-29-11-7-8-14-35(29)43(2,3)36(30)24-27)32-13-6-5-12-31(32)41(33)28-19-22-40-38(25-28)44(4)37-15-9-10-16-39(37)45-40/h7-27H,1-6H3;6-26H,1-5H3;5-25H,1-4H3. The highest BCUT2D eigenvalue weighted by atomic mass is 28.3. The normalized spacial score (nSPS) is 14.6. The predicted octanol–water partition coefficient (Wildman–Crippen LogP) is 34.5. The summed E-state index contributed by atoms with van der Waals surface area (Å²) in [5, 5.41) is 18.5. The maximum Gasteiger partial charge on any atom is 0.151 e. The summed E-state index contributed by atoms with van der Waals surface area (Å²) in [6.45, 7) is 25.8. The van der Waals surface area contributed by atoms with Crippen LogP contribution < -0.4 is 34.7 Å². The molecule has 21 aromatic carbocycles. The summed E-state index contributed by atoms with van der Waals surface area (Å²) in [4.78, 5) is 9.30. The molecule has 27 rings (SSSR count). The van der Waals surface area contributed by atoms with Crippen molar-refractivity contribution in [3.05, 3.63) is 432 Å². The Bertz CT molecular complexity index is 8820. The van der Waals surface area contributed by atoms with Crippen molar-refractivity contribution in [1.82, 2.24) is 0 Å². The van der Waals surface area contributed by atoms with E-state index in [1.54, 1.807) is 0 Å². The molecule has 0 spiro atoms. The van der Waals surface area contributed by atoms with E-state index in [1.165, 1.54) is 259 Å². The van der Waals surface area contributed by atoms with E-state index in [0.717, 1.165) is 22.9 Å². The molecule has 0 saturated carbocycles. The minimum absolute atomic E-state index is 0.0474. The fourth-order valence-electron chi connectivity index (χ4n) is 25.0. The van der Waals surface area contributed by atoms with E-state index in [2.05, 4.69) is 493 Å². The first-order chi connectivity index (χ1) is 66.9. The predicted molar refractivity (Wildman–Crippen MR) is 592 cm³/mol. The molecule has 0 fully saturated rings. The zero-order valence-corrected chi connectivity index (χ0v) is 82.1. The van der Waals surface area contributed by atoms with Gasteiger partial charge in [-0.3, -0.25) is 0 Å². The van der Waals surface area contributed by atoms with Crippen LogP contribution in [0.1, 0.15) is 91.6 Å². The second-order valence-electron chi connectivity index (χ2n) is 41.4. The molecule has 3 heterocycles. The van der Waals surface area contributed by atoms with Gasteiger partial charge >= 0.3 is 0 Å². The summed E-state index contributed by atoms with van der Waals surface area (Å²) >= 11 is 0. The fraction of sp³-hybridized carbons (Fsp3) is 0.136. The van der Waals surface area contributed by atoms with Crippen molar-refractivity contribution in [3.8, 4) is 112 Å². The number of ether oxygens (including phenoxy) is 1. The molecule has 0 saturated heterocycles. The Morgan fingerprint density at radius 1 is 0.196 bits per heavy atom. The van der Waals surface area contributed by atoms with E-state index in [-0.39, 0.29) is 16.2 Å². The van der Waals surface area contributed by atoms with E-state index in [4.69, 9.17) is 4.74 Å². The molecule has 0 amide bonds. The van der Waals surface area contributed by atoms with E-state index >= 15 is 0 Å². The van der Waals surface area contributed by atoms with Crippen molar-refractivity contribution in [2.75, 3.05) is 47.8 Å². The molecule has 3 aliphatic carbocycles. The van der Waals surface area contributed by atoms with Gasteiger partial charge in [-0.25, -0.2) is 0 Å². The average Bonchev–Trinajstić information content (AvgIpc) is 1.66. The SMILES string of the molecule is Cc1ccc2c(-c3ccc4c(c3)N(C)c3ccccc3N4C)c3ccccc3c(-c3ccc4c(c3)C(C)(C)c3ccccc3-4)c2c1.Cc1ccc2c(-c3ccc4c(c3)N(C)c3ccccc3O4)c3ccccc3c(-c3ccc4c(c3)C(C)(C)c3ccccc3-4)c2c1.Cc1ccc2c(-c3ccc4c(c3)N(C)c3ccccc3[Si]4(C)C)c3ccccc3c(-c3ccc4c(c3)C(C)(C)c3ccccc3-4)c2c1. The van der Waals surface area contributed by atoms with Crippen LogP contribution in [-0.2, 0) is 16.2 Å². The first kappa shape index (κ1) is 84.2. The van der Waals surface area contributed by atoms with Crippen molar-refractivity contribution in [1.29, 1.82) is 0 Å². The number of benzene rings is 21. The third kappa shape index (κ3) is 12.6. The van der Waals surface area contributed by atoms with Crippen LogP contribution in [0.5, 0.6) is 11.5 Å². The largest absolute Gasteiger partial charge is 0.453 e. The molecule has 6 heteroatoms. The molecule has 6 aliphatic rings. The van der Waals surface area contributed by atoms with Gasteiger partial charge in [0.1, 0.15) is 8.07 Å². The quantitative estimate of drug-likeness (QED) is 0.122. The molecule has 0 aromatic heterocycles. The van der Waals surface area contributed by atoms with Crippen LogP contribution in [-0.4, -0.2) is 36.3 Å². The molecule has 5 nitrogen and oxygen atoms in total. The van der Waals surface area contributed by atoms with Gasteiger partial charge in [0, 0.05) is 55.8 Å². The number of hydrogen-bond acceptors (Lipinski definition) is 5. The van der Waals surface area contributed by atoms with Gasteiger partial charge in [0.25, 0.3) is 0 Å². The Labute approximate surface area is 810 Å². The third-order valence-electron chi connectivity index (χ3n) is 32.1. The van der Waals surface area contributed by atoms with E-state index in [0.29, 0.717) is 0 Å². The van der Waals surface area contributed by atoms with E-state index in [9.17, 15) is 0 Å². The maximum atomic E-state index is 6.34. The highest BCUT2D eigenvalue weighted by molar-refractivity contribution is 7.02. The number of fused-ring (bicyclic) bond motifs is 21. The zero-order valence-electron chi connectivity index (χ0n) is 81.1. The van der Waals surface area contributed by atoms with Crippen LogP contribution in [0.4, 0.5) is 45.5 Å². The Hall–Kier alpha value is -15.6. The number of rotatable bonds is 6. The van der Waals surface area contributed by atoms with Gasteiger partial charge in [0.05, 0.1) is 34.1 Å². The Balaban J connectivity index is 0.000000110. The Kier molecular flexibility index (Phi) is 19.0. The minimum Gasteiger partial charge on any atom is -0.453 e. The van der Waals surface area contributed by atoms with Crippen molar-refractivity contribution >= 4 is 129 Å². The number of anilines is 8. The van der Waals surface area contributed by atoms with Crippen LogP contribution in [0.15, 0.2) is 382 Å². The number of aryl methyl sites for hydroxylation is 3. The summed E-state index contributed by atoms with van der Waals surface area (Å²) in [6, 6.07) is 143. The summed E-state index contributed by atoms with van der Waals surface area (Å²) in [5.74, 6) is 1.76. The summed E-state index contributed by atoms with van der Waals surface area (Å²) in [5.41, 5.74) is 45.3. The Morgan fingerprint density at radius 2 is 0.464 bits per heavy atom.